The monoisotopic (exact) mass is 380 g/mol. The van der Waals surface area contributed by atoms with Crippen molar-refractivity contribution in [1.29, 1.82) is 0 Å². The molecule has 2 N–H and O–H groups in total. The molecule has 2 aliphatic heterocycles. The van der Waals surface area contributed by atoms with Gasteiger partial charge in [0.25, 0.3) is 5.91 Å². The zero-order valence-corrected chi connectivity index (χ0v) is 16.2. The summed E-state index contributed by atoms with van der Waals surface area (Å²) in [5.74, 6) is -0.167. The zero-order valence-electron chi connectivity index (χ0n) is 16.2. The van der Waals surface area contributed by atoms with Gasteiger partial charge in [-0.15, -0.1) is 0 Å². The molecule has 2 fully saturated rings. The number of carbonyl (C=O) groups is 1. The Kier molecular flexibility index (Phi) is 6.07. The number of benzene rings is 1. The molecule has 2 aromatic rings. The van der Waals surface area contributed by atoms with Crippen LogP contribution in [0.4, 0.5) is 17.1 Å². The molecule has 1 unspecified atom stereocenters. The Morgan fingerprint density at radius 1 is 1.07 bits per heavy atom. The van der Waals surface area contributed by atoms with E-state index < -0.39 is 0 Å². The third kappa shape index (κ3) is 4.81. The van der Waals surface area contributed by atoms with Crippen LogP contribution in [0.25, 0.3) is 0 Å². The highest BCUT2D eigenvalue weighted by Gasteiger charge is 2.17. The fourth-order valence-electron chi connectivity index (χ4n) is 3.81. The Balaban J connectivity index is 1.35. The van der Waals surface area contributed by atoms with Crippen LogP contribution in [0, 0.1) is 0 Å². The fourth-order valence-corrected chi connectivity index (χ4v) is 3.81. The first-order valence-corrected chi connectivity index (χ1v) is 10.3. The molecular formula is C22H28N4O2. The second-order valence-corrected chi connectivity index (χ2v) is 7.49. The molecule has 0 spiro atoms. The van der Waals surface area contributed by atoms with Crippen molar-refractivity contribution in [3.05, 3.63) is 48.3 Å². The standard InChI is InChI=1S/C22H28N4O2/c27-22(24-16-20-5-4-14-28-20)21-15-18(10-11-23-21)25-17-6-8-19(9-7-17)26-12-2-1-3-13-26/h6-11,15,20H,1-5,12-14,16H2,(H,23,25)(H,24,27). The minimum absolute atomic E-state index is 0.128. The lowest BCUT2D eigenvalue weighted by molar-refractivity contribution is 0.0854. The van der Waals surface area contributed by atoms with Crippen molar-refractivity contribution in [3.63, 3.8) is 0 Å². The number of hydrogen-bond donors (Lipinski definition) is 2. The van der Waals surface area contributed by atoms with Crippen LogP contribution in [-0.2, 0) is 4.74 Å². The molecule has 0 radical (unpaired) electrons. The summed E-state index contributed by atoms with van der Waals surface area (Å²) in [6.07, 6.45) is 7.73. The number of nitrogens with zero attached hydrogens (tertiary/aromatic N) is 2. The van der Waals surface area contributed by atoms with Gasteiger partial charge in [-0.1, -0.05) is 0 Å². The number of pyridine rings is 1. The van der Waals surface area contributed by atoms with Gasteiger partial charge >= 0.3 is 0 Å². The van der Waals surface area contributed by atoms with E-state index in [-0.39, 0.29) is 12.0 Å². The van der Waals surface area contributed by atoms with Crippen molar-refractivity contribution in [3.8, 4) is 0 Å². The number of nitrogens with one attached hydrogen (secondary N) is 2. The highest BCUT2D eigenvalue weighted by molar-refractivity contribution is 5.93. The Morgan fingerprint density at radius 3 is 2.64 bits per heavy atom. The number of ether oxygens (including phenoxy) is 1. The summed E-state index contributed by atoms with van der Waals surface area (Å²) in [6.45, 7) is 3.61. The number of aromatic nitrogens is 1. The van der Waals surface area contributed by atoms with Crippen LogP contribution in [0.2, 0.25) is 0 Å². The average molecular weight is 380 g/mol. The molecule has 1 aromatic carbocycles. The van der Waals surface area contributed by atoms with E-state index in [2.05, 4.69) is 44.8 Å². The van der Waals surface area contributed by atoms with Gasteiger partial charge in [-0.2, -0.15) is 0 Å². The molecule has 0 bridgehead atoms. The van der Waals surface area contributed by atoms with E-state index in [1.54, 1.807) is 12.3 Å². The van der Waals surface area contributed by atoms with E-state index in [0.717, 1.165) is 43.9 Å². The number of piperidine rings is 1. The maximum Gasteiger partial charge on any atom is 0.270 e. The van der Waals surface area contributed by atoms with Crippen LogP contribution in [0.3, 0.4) is 0 Å². The predicted molar refractivity (Wildman–Crippen MR) is 111 cm³/mol. The third-order valence-electron chi connectivity index (χ3n) is 5.38. The van der Waals surface area contributed by atoms with Gasteiger partial charge in [0, 0.05) is 49.5 Å². The number of hydrogen-bond acceptors (Lipinski definition) is 5. The maximum atomic E-state index is 12.4. The molecule has 3 heterocycles. The van der Waals surface area contributed by atoms with E-state index in [4.69, 9.17) is 4.74 Å². The summed E-state index contributed by atoms with van der Waals surface area (Å²) < 4.78 is 5.54. The van der Waals surface area contributed by atoms with Crippen molar-refractivity contribution in [2.45, 2.75) is 38.2 Å². The van der Waals surface area contributed by atoms with E-state index in [9.17, 15) is 4.79 Å². The van der Waals surface area contributed by atoms with E-state index in [0.29, 0.717) is 12.2 Å². The average Bonchev–Trinajstić information content (AvgIpc) is 3.27. The fraction of sp³-hybridized carbons (Fsp3) is 0.455. The van der Waals surface area contributed by atoms with Crippen molar-refractivity contribution >= 4 is 23.0 Å². The molecular weight excluding hydrogens is 352 g/mol. The SMILES string of the molecule is O=C(NCC1CCCO1)c1cc(Nc2ccc(N3CCCCC3)cc2)ccn1. The summed E-state index contributed by atoms with van der Waals surface area (Å²) in [5.41, 5.74) is 3.53. The molecule has 2 aliphatic rings. The summed E-state index contributed by atoms with van der Waals surface area (Å²) in [6, 6.07) is 12.1. The molecule has 4 rings (SSSR count). The lowest BCUT2D eigenvalue weighted by Gasteiger charge is -2.28. The summed E-state index contributed by atoms with van der Waals surface area (Å²) in [7, 11) is 0. The minimum atomic E-state index is -0.167. The van der Waals surface area contributed by atoms with Crippen LogP contribution >= 0.6 is 0 Å². The summed E-state index contributed by atoms with van der Waals surface area (Å²) in [4.78, 5) is 19.0. The molecule has 1 aromatic heterocycles. The molecule has 0 aliphatic carbocycles. The van der Waals surface area contributed by atoms with Crippen LogP contribution in [0.1, 0.15) is 42.6 Å². The van der Waals surface area contributed by atoms with Crippen molar-refractivity contribution in [2.75, 3.05) is 36.5 Å². The van der Waals surface area contributed by atoms with Gasteiger partial charge in [-0.3, -0.25) is 9.78 Å². The van der Waals surface area contributed by atoms with Crippen LogP contribution in [0.15, 0.2) is 42.6 Å². The Morgan fingerprint density at radius 2 is 1.89 bits per heavy atom. The van der Waals surface area contributed by atoms with Gasteiger partial charge in [0.15, 0.2) is 0 Å². The molecule has 0 saturated carbocycles. The van der Waals surface area contributed by atoms with Crippen LogP contribution in [0.5, 0.6) is 0 Å². The lowest BCUT2D eigenvalue weighted by atomic mass is 10.1. The molecule has 2 saturated heterocycles. The van der Waals surface area contributed by atoms with E-state index in [1.165, 1.54) is 24.9 Å². The van der Waals surface area contributed by atoms with Gasteiger partial charge in [-0.05, 0) is 68.5 Å². The first kappa shape index (κ1) is 18.7. The van der Waals surface area contributed by atoms with Crippen molar-refractivity contribution in [1.82, 2.24) is 10.3 Å². The highest BCUT2D eigenvalue weighted by Crippen LogP contribution is 2.24. The highest BCUT2D eigenvalue weighted by atomic mass is 16.5. The predicted octanol–water partition coefficient (Wildman–Crippen LogP) is 3.72. The van der Waals surface area contributed by atoms with Crippen LogP contribution in [-0.4, -0.2) is 43.2 Å². The first-order chi connectivity index (χ1) is 13.8. The second kappa shape index (κ2) is 9.06. The van der Waals surface area contributed by atoms with Gasteiger partial charge in [0.2, 0.25) is 0 Å². The third-order valence-corrected chi connectivity index (χ3v) is 5.38. The smallest absolute Gasteiger partial charge is 0.270 e. The molecule has 1 atom stereocenters. The van der Waals surface area contributed by atoms with Crippen LogP contribution < -0.4 is 15.5 Å². The molecule has 1 amide bonds. The summed E-state index contributed by atoms with van der Waals surface area (Å²) in [5, 5.41) is 6.28. The molecule has 6 nitrogen and oxygen atoms in total. The number of carbonyl (C=O) groups excluding carboxylic acids is 1. The largest absolute Gasteiger partial charge is 0.376 e. The Hall–Kier alpha value is -2.60. The topological polar surface area (TPSA) is 66.5 Å². The lowest BCUT2D eigenvalue weighted by Crippen LogP contribution is -2.32. The second-order valence-electron chi connectivity index (χ2n) is 7.49. The van der Waals surface area contributed by atoms with Crippen molar-refractivity contribution < 1.29 is 9.53 Å². The Bertz CT molecular complexity index is 781. The van der Waals surface area contributed by atoms with Gasteiger partial charge in [-0.25, -0.2) is 0 Å². The maximum absolute atomic E-state index is 12.4. The van der Waals surface area contributed by atoms with E-state index >= 15 is 0 Å². The number of amides is 1. The zero-order chi connectivity index (χ0) is 19.2. The first-order valence-electron chi connectivity index (χ1n) is 10.3. The normalized spacial score (nSPS) is 19.4. The number of rotatable bonds is 6. The molecule has 6 heteroatoms. The van der Waals surface area contributed by atoms with Gasteiger partial charge in [0.05, 0.1) is 6.10 Å². The molecule has 28 heavy (non-hydrogen) atoms. The summed E-state index contributed by atoms with van der Waals surface area (Å²) >= 11 is 0. The van der Waals surface area contributed by atoms with Crippen molar-refractivity contribution in [2.24, 2.45) is 0 Å². The quantitative estimate of drug-likeness (QED) is 0.799. The van der Waals surface area contributed by atoms with Gasteiger partial charge in [0.1, 0.15) is 5.69 Å². The van der Waals surface area contributed by atoms with E-state index in [1.807, 2.05) is 6.07 Å². The van der Waals surface area contributed by atoms with Gasteiger partial charge < -0.3 is 20.3 Å². The molecule has 148 valence electrons. The number of anilines is 3. The minimum Gasteiger partial charge on any atom is -0.376 e. The Labute approximate surface area is 166 Å².